The topological polar surface area (TPSA) is 58.2 Å². The van der Waals surface area contributed by atoms with Crippen LogP contribution in [-0.4, -0.2) is 18.4 Å². The number of hydrogen-bond acceptors (Lipinski definition) is 2. The number of hydrogen-bond donors (Lipinski definition) is 2. The fraction of sp³-hybridized carbons (Fsp3) is 0.429. The van der Waals surface area contributed by atoms with Crippen LogP contribution in [0.2, 0.25) is 0 Å². The molecule has 1 aliphatic rings. The summed E-state index contributed by atoms with van der Waals surface area (Å²) in [6.45, 7) is 2.43. The van der Waals surface area contributed by atoms with E-state index in [-0.39, 0.29) is 24.2 Å². The second kappa shape index (κ2) is 6.72. The molecule has 0 unspecified atom stereocenters. The van der Waals surface area contributed by atoms with Gasteiger partial charge in [0.05, 0.1) is 5.69 Å². The Morgan fingerprint density at radius 3 is 2.65 bits per heavy atom. The smallest absolute Gasteiger partial charge is 0.226 e. The normalized spacial score (nSPS) is 20.4. The predicted molar refractivity (Wildman–Crippen MR) is 85.4 cm³/mol. The number of benzene rings is 1. The molecular formula is C14H16Br2N2O2. The van der Waals surface area contributed by atoms with Crippen LogP contribution >= 0.6 is 31.9 Å². The molecule has 0 saturated heterocycles. The van der Waals surface area contributed by atoms with E-state index >= 15 is 0 Å². The highest BCUT2D eigenvalue weighted by molar-refractivity contribution is 9.11. The number of rotatable bonds is 5. The number of amides is 2. The minimum absolute atomic E-state index is 0.0649. The van der Waals surface area contributed by atoms with Gasteiger partial charge >= 0.3 is 0 Å². The van der Waals surface area contributed by atoms with Gasteiger partial charge in [0.25, 0.3) is 0 Å². The molecule has 1 aliphatic carbocycles. The average Bonchev–Trinajstić information content (AvgIpc) is 3.10. The van der Waals surface area contributed by atoms with E-state index in [1.807, 2.05) is 18.2 Å². The number of carbonyl (C=O) groups excluding carboxylic acids is 2. The largest absolute Gasteiger partial charge is 0.355 e. The standard InChI is InChI=1S/C14H16Br2N2O2/c1-8-6-10(8)14(20)17-5-4-13(19)18-12-3-2-9(15)7-11(12)16/h2-3,7-8,10H,4-6H2,1H3,(H,17,20)(H,18,19)/t8-,10+/m1/s1. The number of nitrogens with one attached hydrogen (secondary N) is 2. The van der Waals surface area contributed by atoms with Crippen LogP contribution < -0.4 is 10.6 Å². The quantitative estimate of drug-likeness (QED) is 0.792. The summed E-state index contributed by atoms with van der Waals surface area (Å²) in [6, 6.07) is 5.54. The van der Waals surface area contributed by atoms with Gasteiger partial charge in [0.2, 0.25) is 11.8 Å². The summed E-state index contributed by atoms with van der Waals surface area (Å²) in [5, 5.41) is 5.60. The van der Waals surface area contributed by atoms with Gasteiger partial charge < -0.3 is 10.6 Å². The van der Waals surface area contributed by atoms with Gasteiger partial charge in [0, 0.05) is 27.8 Å². The maximum absolute atomic E-state index is 11.8. The van der Waals surface area contributed by atoms with E-state index in [1.54, 1.807) is 0 Å². The van der Waals surface area contributed by atoms with Gasteiger partial charge in [0.1, 0.15) is 0 Å². The molecule has 2 amide bonds. The molecule has 6 heteroatoms. The molecule has 0 heterocycles. The molecule has 2 N–H and O–H groups in total. The summed E-state index contributed by atoms with van der Waals surface area (Å²) in [5.74, 6) is 0.591. The van der Waals surface area contributed by atoms with Crippen LogP contribution in [-0.2, 0) is 9.59 Å². The molecule has 0 aromatic heterocycles. The average molecular weight is 404 g/mol. The van der Waals surface area contributed by atoms with E-state index in [2.05, 4.69) is 49.4 Å². The van der Waals surface area contributed by atoms with E-state index < -0.39 is 0 Å². The number of anilines is 1. The van der Waals surface area contributed by atoms with Crippen LogP contribution in [0.1, 0.15) is 19.8 Å². The van der Waals surface area contributed by atoms with Crippen molar-refractivity contribution >= 4 is 49.4 Å². The summed E-state index contributed by atoms with van der Waals surface area (Å²) >= 11 is 6.74. The van der Waals surface area contributed by atoms with Crippen LogP contribution in [0.4, 0.5) is 5.69 Å². The minimum atomic E-state index is -0.114. The van der Waals surface area contributed by atoms with Gasteiger partial charge in [-0.2, -0.15) is 0 Å². The minimum Gasteiger partial charge on any atom is -0.355 e. The van der Waals surface area contributed by atoms with Crippen LogP contribution in [0.5, 0.6) is 0 Å². The van der Waals surface area contributed by atoms with E-state index in [1.165, 1.54) is 0 Å². The second-order valence-corrected chi connectivity index (χ2v) is 6.80. The van der Waals surface area contributed by atoms with Crippen molar-refractivity contribution in [2.45, 2.75) is 19.8 Å². The van der Waals surface area contributed by atoms with Crippen molar-refractivity contribution in [2.24, 2.45) is 11.8 Å². The highest BCUT2D eigenvalue weighted by Crippen LogP contribution is 2.37. The van der Waals surface area contributed by atoms with Crippen LogP contribution in [0.25, 0.3) is 0 Å². The molecule has 2 rings (SSSR count). The first-order chi connectivity index (χ1) is 9.47. The number of carbonyl (C=O) groups is 2. The lowest BCUT2D eigenvalue weighted by molar-refractivity contribution is -0.122. The third-order valence-electron chi connectivity index (χ3n) is 3.30. The Kier molecular flexibility index (Phi) is 5.21. The first-order valence-electron chi connectivity index (χ1n) is 6.50. The maximum Gasteiger partial charge on any atom is 0.226 e. The monoisotopic (exact) mass is 402 g/mol. The number of halogens is 2. The highest BCUT2D eigenvalue weighted by atomic mass is 79.9. The first kappa shape index (κ1) is 15.5. The SMILES string of the molecule is C[C@@H]1C[C@@H]1C(=O)NCCC(=O)Nc1ccc(Br)cc1Br. The maximum atomic E-state index is 11.8. The molecule has 2 atom stereocenters. The summed E-state index contributed by atoms with van der Waals surface area (Å²) in [5.41, 5.74) is 0.723. The van der Waals surface area contributed by atoms with Gasteiger partial charge in [-0.3, -0.25) is 9.59 Å². The van der Waals surface area contributed by atoms with Crippen molar-refractivity contribution in [2.75, 3.05) is 11.9 Å². The van der Waals surface area contributed by atoms with Crippen LogP contribution in [0.3, 0.4) is 0 Å². The lowest BCUT2D eigenvalue weighted by Crippen LogP contribution is -2.29. The first-order valence-corrected chi connectivity index (χ1v) is 8.08. The fourth-order valence-corrected chi connectivity index (χ4v) is 3.07. The second-order valence-electron chi connectivity index (χ2n) is 5.03. The van der Waals surface area contributed by atoms with Crippen molar-refractivity contribution in [1.82, 2.24) is 5.32 Å². The molecule has 1 aromatic carbocycles. The molecule has 0 spiro atoms. The van der Waals surface area contributed by atoms with E-state index in [0.717, 1.165) is 21.1 Å². The highest BCUT2D eigenvalue weighted by Gasteiger charge is 2.38. The molecule has 1 saturated carbocycles. The molecule has 108 valence electrons. The van der Waals surface area contributed by atoms with Crippen molar-refractivity contribution < 1.29 is 9.59 Å². The Morgan fingerprint density at radius 2 is 2.05 bits per heavy atom. The summed E-state index contributed by atoms with van der Waals surface area (Å²) in [7, 11) is 0. The molecule has 20 heavy (non-hydrogen) atoms. The van der Waals surface area contributed by atoms with Crippen molar-refractivity contribution in [3.05, 3.63) is 27.1 Å². The van der Waals surface area contributed by atoms with Gasteiger partial charge in [-0.1, -0.05) is 22.9 Å². The Balaban J connectivity index is 1.73. The van der Waals surface area contributed by atoms with Gasteiger partial charge in [-0.25, -0.2) is 0 Å². The fourth-order valence-electron chi connectivity index (χ4n) is 1.92. The van der Waals surface area contributed by atoms with Crippen LogP contribution in [0, 0.1) is 11.8 Å². The Hall–Kier alpha value is -0.880. The molecule has 0 bridgehead atoms. The third-order valence-corrected chi connectivity index (χ3v) is 4.45. The van der Waals surface area contributed by atoms with E-state index in [0.29, 0.717) is 12.5 Å². The molecule has 1 aromatic rings. The zero-order chi connectivity index (χ0) is 14.7. The van der Waals surface area contributed by atoms with E-state index in [4.69, 9.17) is 0 Å². The zero-order valence-corrected chi connectivity index (χ0v) is 14.3. The summed E-state index contributed by atoms with van der Waals surface area (Å²) < 4.78 is 1.75. The van der Waals surface area contributed by atoms with Gasteiger partial charge in [-0.15, -0.1) is 0 Å². The van der Waals surface area contributed by atoms with Crippen LogP contribution in [0.15, 0.2) is 27.1 Å². The predicted octanol–water partition coefficient (Wildman–Crippen LogP) is 3.31. The molecule has 0 radical (unpaired) electrons. The van der Waals surface area contributed by atoms with Crippen molar-refractivity contribution in [3.63, 3.8) is 0 Å². The Morgan fingerprint density at radius 1 is 1.35 bits per heavy atom. The lowest BCUT2D eigenvalue weighted by Gasteiger charge is -2.08. The van der Waals surface area contributed by atoms with Gasteiger partial charge in [0.15, 0.2) is 0 Å². The third kappa shape index (κ3) is 4.31. The summed E-state index contributed by atoms with van der Waals surface area (Å²) in [4.78, 5) is 23.4. The summed E-state index contributed by atoms with van der Waals surface area (Å²) in [6.07, 6.45) is 1.24. The zero-order valence-electron chi connectivity index (χ0n) is 11.1. The van der Waals surface area contributed by atoms with E-state index in [9.17, 15) is 9.59 Å². The molecular weight excluding hydrogens is 388 g/mol. The van der Waals surface area contributed by atoms with Crippen molar-refractivity contribution in [1.29, 1.82) is 0 Å². The van der Waals surface area contributed by atoms with Crippen molar-refractivity contribution in [3.8, 4) is 0 Å². The molecule has 1 fully saturated rings. The van der Waals surface area contributed by atoms with Gasteiger partial charge in [-0.05, 0) is 46.5 Å². The lowest BCUT2D eigenvalue weighted by atomic mass is 10.3. The Labute approximate surface area is 135 Å². The molecule has 4 nitrogen and oxygen atoms in total. The Bertz CT molecular complexity index is 534. The molecule has 0 aliphatic heterocycles.